The highest BCUT2D eigenvalue weighted by molar-refractivity contribution is 6.34. The summed E-state index contributed by atoms with van der Waals surface area (Å²) in [4.78, 5) is 7.12. The van der Waals surface area contributed by atoms with E-state index in [0.29, 0.717) is 23.1 Å². The molecule has 0 radical (unpaired) electrons. The average Bonchev–Trinajstić information content (AvgIpc) is 3.29. The monoisotopic (exact) mass is 501 g/mol. The van der Waals surface area contributed by atoms with Crippen molar-refractivity contribution in [3.8, 4) is 11.5 Å². The van der Waals surface area contributed by atoms with Gasteiger partial charge < -0.3 is 18.9 Å². The number of benzene rings is 2. The van der Waals surface area contributed by atoms with Gasteiger partial charge in [-0.2, -0.15) is 0 Å². The van der Waals surface area contributed by atoms with Crippen LogP contribution in [0.4, 0.5) is 0 Å². The SMILES string of the molecule is COc1ccc2c(c1)C(=CCCN1CCC(c3noc4c(Cl)cccc34)CC1)c1cccnc1CO2. The first kappa shape index (κ1) is 23.1. The zero-order valence-electron chi connectivity index (χ0n) is 20.2. The van der Waals surface area contributed by atoms with Gasteiger partial charge in [-0.1, -0.05) is 35.0 Å². The standard InChI is InChI=1S/C29H28ClN3O3/c1-34-20-9-10-27-24(17-20)21(22-6-3-13-31-26(22)18-35-27)7-4-14-33-15-11-19(12-16-33)28-23-5-2-8-25(30)29(23)36-32-28/h2-3,5-10,13,17,19H,4,11-12,14-16,18H2,1H3. The first-order valence-electron chi connectivity index (χ1n) is 12.4. The molecule has 1 fully saturated rings. The highest BCUT2D eigenvalue weighted by Crippen LogP contribution is 2.39. The van der Waals surface area contributed by atoms with Crippen molar-refractivity contribution in [3.05, 3.63) is 88.3 Å². The molecular formula is C29H28ClN3O3. The molecule has 2 aliphatic heterocycles. The van der Waals surface area contributed by atoms with Gasteiger partial charge in [0.05, 0.1) is 23.5 Å². The third-order valence-corrected chi connectivity index (χ3v) is 7.57. The summed E-state index contributed by atoms with van der Waals surface area (Å²) in [6.45, 7) is 3.53. The second kappa shape index (κ2) is 9.96. The minimum Gasteiger partial charge on any atom is -0.497 e. The van der Waals surface area contributed by atoms with Crippen LogP contribution in [0.25, 0.3) is 16.5 Å². The first-order chi connectivity index (χ1) is 17.7. The maximum absolute atomic E-state index is 6.28. The Morgan fingerprint density at radius 3 is 2.86 bits per heavy atom. The largest absolute Gasteiger partial charge is 0.497 e. The van der Waals surface area contributed by atoms with Gasteiger partial charge >= 0.3 is 0 Å². The number of methoxy groups -OCH3 is 1. The van der Waals surface area contributed by atoms with Crippen LogP contribution in [-0.2, 0) is 6.61 Å². The van der Waals surface area contributed by atoms with Crippen LogP contribution < -0.4 is 9.47 Å². The molecule has 0 N–H and O–H groups in total. The number of nitrogens with zero attached hydrogens (tertiary/aromatic N) is 3. The smallest absolute Gasteiger partial charge is 0.185 e. The summed E-state index contributed by atoms with van der Waals surface area (Å²) in [5, 5.41) is 6.04. The molecule has 0 spiro atoms. The lowest BCUT2D eigenvalue weighted by Crippen LogP contribution is -2.33. The topological polar surface area (TPSA) is 60.6 Å². The quantitative estimate of drug-likeness (QED) is 0.312. The zero-order valence-corrected chi connectivity index (χ0v) is 21.0. The van der Waals surface area contributed by atoms with E-state index in [1.807, 2.05) is 36.5 Å². The van der Waals surface area contributed by atoms with Gasteiger partial charge in [0.15, 0.2) is 5.58 Å². The van der Waals surface area contributed by atoms with Crippen LogP contribution in [0.2, 0.25) is 5.02 Å². The molecule has 0 atom stereocenters. The van der Waals surface area contributed by atoms with Crippen molar-refractivity contribution in [2.75, 3.05) is 26.7 Å². The van der Waals surface area contributed by atoms with E-state index in [0.717, 1.165) is 83.9 Å². The van der Waals surface area contributed by atoms with E-state index in [1.54, 1.807) is 7.11 Å². The molecule has 2 aliphatic rings. The molecule has 2 aromatic carbocycles. The molecule has 6 nitrogen and oxygen atoms in total. The van der Waals surface area contributed by atoms with Crippen molar-refractivity contribution < 1.29 is 14.0 Å². The molecule has 4 aromatic rings. The average molecular weight is 502 g/mol. The summed E-state index contributed by atoms with van der Waals surface area (Å²) in [5.41, 5.74) is 6.03. The van der Waals surface area contributed by atoms with Crippen LogP contribution in [0.3, 0.4) is 0 Å². The van der Waals surface area contributed by atoms with Crippen molar-refractivity contribution in [2.45, 2.75) is 31.8 Å². The number of para-hydroxylation sites is 1. The summed E-state index contributed by atoms with van der Waals surface area (Å²) in [6, 6.07) is 16.0. The third-order valence-electron chi connectivity index (χ3n) is 7.27. The molecule has 1 saturated heterocycles. The summed E-state index contributed by atoms with van der Waals surface area (Å²) >= 11 is 6.28. The van der Waals surface area contributed by atoms with E-state index in [-0.39, 0.29) is 0 Å². The van der Waals surface area contributed by atoms with Crippen LogP contribution >= 0.6 is 11.6 Å². The third kappa shape index (κ3) is 4.36. The molecule has 0 saturated carbocycles. The molecule has 2 aromatic heterocycles. The number of pyridine rings is 1. The highest BCUT2D eigenvalue weighted by atomic mass is 35.5. The molecule has 4 heterocycles. The number of piperidine rings is 1. The second-order valence-electron chi connectivity index (χ2n) is 9.36. The number of hydrogen-bond donors (Lipinski definition) is 0. The van der Waals surface area contributed by atoms with Gasteiger partial charge in [-0.05, 0) is 74.3 Å². The maximum atomic E-state index is 6.28. The van der Waals surface area contributed by atoms with Gasteiger partial charge in [0, 0.05) is 35.2 Å². The fraction of sp³-hybridized carbons (Fsp3) is 0.310. The normalized spacial score (nSPS) is 17.4. The maximum Gasteiger partial charge on any atom is 0.185 e. The van der Waals surface area contributed by atoms with Crippen LogP contribution in [0.1, 0.15) is 47.7 Å². The molecule has 0 bridgehead atoms. The molecular weight excluding hydrogens is 474 g/mol. The highest BCUT2D eigenvalue weighted by Gasteiger charge is 2.26. The minimum atomic E-state index is 0.399. The molecule has 36 heavy (non-hydrogen) atoms. The molecule has 0 unspecified atom stereocenters. The number of ether oxygens (including phenoxy) is 2. The Morgan fingerprint density at radius 2 is 2.00 bits per heavy atom. The Morgan fingerprint density at radius 1 is 1.11 bits per heavy atom. The zero-order chi connectivity index (χ0) is 24.5. The van der Waals surface area contributed by atoms with E-state index in [1.165, 1.54) is 0 Å². The predicted octanol–water partition coefficient (Wildman–Crippen LogP) is 6.48. The van der Waals surface area contributed by atoms with E-state index in [2.05, 4.69) is 39.3 Å². The Kier molecular flexibility index (Phi) is 6.38. The summed E-state index contributed by atoms with van der Waals surface area (Å²) < 4.78 is 17.1. The fourth-order valence-electron chi connectivity index (χ4n) is 5.35. The second-order valence-corrected chi connectivity index (χ2v) is 9.76. The predicted molar refractivity (Wildman–Crippen MR) is 141 cm³/mol. The number of rotatable bonds is 5. The lowest BCUT2D eigenvalue weighted by atomic mass is 9.91. The van der Waals surface area contributed by atoms with E-state index in [4.69, 9.17) is 25.6 Å². The molecule has 0 amide bonds. The Hall–Kier alpha value is -3.35. The van der Waals surface area contributed by atoms with E-state index >= 15 is 0 Å². The number of halogens is 1. The Bertz CT molecular complexity index is 1420. The van der Waals surface area contributed by atoms with Crippen molar-refractivity contribution >= 4 is 28.1 Å². The molecule has 7 heteroatoms. The van der Waals surface area contributed by atoms with Gasteiger partial charge in [0.25, 0.3) is 0 Å². The van der Waals surface area contributed by atoms with E-state index < -0.39 is 0 Å². The lowest BCUT2D eigenvalue weighted by Gasteiger charge is -2.30. The molecule has 184 valence electrons. The van der Waals surface area contributed by atoms with Crippen LogP contribution in [-0.4, -0.2) is 41.8 Å². The van der Waals surface area contributed by atoms with Gasteiger partial charge in [-0.3, -0.25) is 4.98 Å². The molecule has 0 aliphatic carbocycles. The van der Waals surface area contributed by atoms with E-state index in [9.17, 15) is 0 Å². The lowest BCUT2D eigenvalue weighted by molar-refractivity contribution is 0.213. The van der Waals surface area contributed by atoms with Crippen LogP contribution in [0, 0.1) is 0 Å². The first-order valence-corrected chi connectivity index (χ1v) is 12.8. The Balaban J connectivity index is 1.17. The van der Waals surface area contributed by atoms with Crippen molar-refractivity contribution in [1.29, 1.82) is 0 Å². The van der Waals surface area contributed by atoms with Crippen molar-refractivity contribution in [3.63, 3.8) is 0 Å². The van der Waals surface area contributed by atoms with Crippen molar-refractivity contribution in [1.82, 2.24) is 15.0 Å². The number of fused-ring (bicyclic) bond motifs is 3. The summed E-state index contributed by atoms with van der Waals surface area (Å²) in [7, 11) is 1.69. The molecule has 6 rings (SSSR count). The van der Waals surface area contributed by atoms with Gasteiger partial charge in [0.2, 0.25) is 0 Å². The van der Waals surface area contributed by atoms with Crippen LogP contribution in [0.5, 0.6) is 11.5 Å². The number of likely N-dealkylation sites (tertiary alicyclic amines) is 1. The fourth-order valence-corrected chi connectivity index (χ4v) is 5.55. The number of aromatic nitrogens is 2. The Labute approximate surface area is 215 Å². The van der Waals surface area contributed by atoms with Gasteiger partial charge in [-0.15, -0.1) is 0 Å². The van der Waals surface area contributed by atoms with Crippen molar-refractivity contribution in [2.24, 2.45) is 0 Å². The van der Waals surface area contributed by atoms with Gasteiger partial charge in [-0.25, -0.2) is 0 Å². The minimum absolute atomic E-state index is 0.399. The van der Waals surface area contributed by atoms with Crippen LogP contribution in [0.15, 0.2) is 65.3 Å². The summed E-state index contributed by atoms with van der Waals surface area (Å²) in [5.74, 6) is 2.08. The number of hydrogen-bond acceptors (Lipinski definition) is 6. The van der Waals surface area contributed by atoms with Gasteiger partial charge in [0.1, 0.15) is 18.1 Å². The summed E-state index contributed by atoms with van der Waals surface area (Å²) in [6.07, 6.45) is 7.21.